The topological polar surface area (TPSA) is 84.1 Å². The van der Waals surface area contributed by atoms with Crippen LogP contribution in [0.5, 0.6) is 0 Å². The highest BCUT2D eigenvalue weighted by atomic mass is 35.5. The minimum atomic E-state index is -0.646. The number of nitrogens with zero attached hydrogens (tertiary/aromatic N) is 1. The van der Waals surface area contributed by atoms with Crippen LogP contribution in [-0.4, -0.2) is 28.7 Å². The number of benzene rings is 1. The van der Waals surface area contributed by atoms with E-state index >= 15 is 0 Å². The Balaban J connectivity index is 1.88. The van der Waals surface area contributed by atoms with Crippen LogP contribution in [0.25, 0.3) is 0 Å². The van der Waals surface area contributed by atoms with E-state index in [1.165, 1.54) is 12.3 Å². The fourth-order valence-corrected chi connectivity index (χ4v) is 1.77. The molecule has 0 fully saturated rings. The van der Waals surface area contributed by atoms with Gasteiger partial charge in [-0.05, 0) is 30.7 Å². The van der Waals surface area contributed by atoms with E-state index in [4.69, 9.17) is 16.3 Å². The summed E-state index contributed by atoms with van der Waals surface area (Å²) in [6.07, 6.45) is 1.42. The Hall–Kier alpha value is -2.34. The van der Waals surface area contributed by atoms with E-state index in [0.717, 1.165) is 5.56 Å². The summed E-state index contributed by atoms with van der Waals surface area (Å²) < 4.78 is 4.82. The zero-order valence-corrected chi connectivity index (χ0v) is 11.4. The van der Waals surface area contributed by atoms with Crippen molar-refractivity contribution in [2.75, 3.05) is 11.9 Å². The van der Waals surface area contributed by atoms with Crippen molar-refractivity contribution in [3.8, 4) is 0 Å². The second-order valence-corrected chi connectivity index (χ2v) is 4.49. The van der Waals surface area contributed by atoms with Gasteiger partial charge in [-0.25, -0.2) is 4.79 Å². The SMILES string of the molecule is Cc1ccc(NC(=O)COC(=O)c2ccn[nH]2)c(Cl)c1. The van der Waals surface area contributed by atoms with Crippen LogP contribution >= 0.6 is 11.6 Å². The minimum Gasteiger partial charge on any atom is -0.451 e. The van der Waals surface area contributed by atoms with Crippen LogP contribution in [0.15, 0.2) is 30.5 Å². The lowest BCUT2D eigenvalue weighted by Crippen LogP contribution is -2.21. The van der Waals surface area contributed by atoms with E-state index in [1.54, 1.807) is 12.1 Å². The smallest absolute Gasteiger partial charge is 0.356 e. The van der Waals surface area contributed by atoms with Crippen LogP contribution in [0.1, 0.15) is 16.1 Å². The van der Waals surface area contributed by atoms with Crippen molar-refractivity contribution >= 4 is 29.2 Å². The Morgan fingerprint density at radius 3 is 2.85 bits per heavy atom. The highest BCUT2D eigenvalue weighted by molar-refractivity contribution is 6.33. The van der Waals surface area contributed by atoms with Gasteiger partial charge in [-0.15, -0.1) is 0 Å². The molecule has 6 nitrogen and oxygen atoms in total. The maximum Gasteiger partial charge on any atom is 0.356 e. The first-order chi connectivity index (χ1) is 9.56. The maximum atomic E-state index is 11.7. The number of halogens is 1. The molecule has 2 aromatic rings. The van der Waals surface area contributed by atoms with Crippen molar-refractivity contribution in [1.29, 1.82) is 0 Å². The third-order valence-electron chi connectivity index (χ3n) is 2.45. The Labute approximate surface area is 120 Å². The summed E-state index contributed by atoms with van der Waals surface area (Å²) in [6.45, 7) is 1.49. The van der Waals surface area contributed by atoms with E-state index in [1.807, 2.05) is 13.0 Å². The molecule has 1 aromatic carbocycles. The van der Waals surface area contributed by atoms with Crippen LogP contribution in [0.4, 0.5) is 5.69 Å². The molecule has 2 N–H and O–H groups in total. The molecule has 104 valence electrons. The number of hydrogen-bond acceptors (Lipinski definition) is 4. The van der Waals surface area contributed by atoms with Gasteiger partial charge in [-0.2, -0.15) is 5.10 Å². The summed E-state index contributed by atoms with van der Waals surface area (Å²) in [5.41, 5.74) is 1.64. The quantitative estimate of drug-likeness (QED) is 0.846. The zero-order valence-electron chi connectivity index (χ0n) is 10.6. The summed E-state index contributed by atoms with van der Waals surface area (Å²) in [5.74, 6) is -1.11. The number of aromatic nitrogens is 2. The molecule has 0 radical (unpaired) electrons. The molecule has 1 heterocycles. The number of carbonyl (C=O) groups excluding carboxylic acids is 2. The first-order valence-electron chi connectivity index (χ1n) is 5.79. The Morgan fingerprint density at radius 1 is 1.40 bits per heavy atom. The van der Waals surface area contributed by atoms with Gasteiger partial charge in [-0.1, -0.05) is 17.7 Å². The van der Waals surface area contributed by atoms with Gasteiger partial charge in [0.05, 0.1) is 10.7 Å². The van der Waals surface area contributed by atoms with Crippen molar-refractivity contribution in [3.05, 3.63) is 46.7 Å². The van der Waals surface area contributed by atoms with Crippen LogP contribution in [0.3, 0.4) is 0 Å². The number of hydrogen-bond donors (Lipinski definition) is 2. The number of H-pyrrole nitrogens is 1. The summed E-state index contributed by atoms with van der Waals surface area (Å²) in [4.78, 5) is 23.1. The number of ether oxygens (including phenoxy) is 1. The molecule has 0 aliphatic heterocycles. The lowest BCUT2D eigenvalue weighted by molar-refractivity contribution is -0.119. The van der Waals surface area contributed by atoms with Crippen molar-refractivity contribution < 1.29 is 14.3 Å². The van der Waals surface area contributed by atoms with Crippen molar-refractivity contribution in [3.63, 3.8) is 0 Å². The molecule has 0 saturated heterocycles. The Bertz CT molecular complexity index is 626. The van der Waals surface area contributed by atoms with E-state index in [9.17, 15) is 9.59 Å². The summed E-state index contributed by atoms with van der Waals surface area (Å²) in [7, 11) is 0. The van der Waals surface area contributed by atoms with Gasteiger partial charge in [-0.3, -0.25) is 9.89 Å². The van der Waals surface area contributed by atoms with E-state index in [2.05, 4.69) is 15.5 Å². The van der Waals surface area contributed by atoms with E-state index in [-0.39, 0.29) is 5.69 Å². The number of anilines is 1. The zero-order chi connectivity index (χ0) is 14.5. The van der Waals surface area contributed by atoms with Crippen molar-refractivity contribution in [2.45, 2.75) is 6.92 Å². The molecular formula is C13H12ClN3O3. The predicted molar refractivity (Wildman–Crippen MR) is 73.7 cm³/mol. The molecule has 0 aliphatic carbocycles. The van der Waals surface area contributed by atoms with Gasteiger partial charge >= 0.3 is 5.97 Å². The van der Waals surface area contributed by atoms with Gasteiger partial charge in [0, 0.05) is 6.20 Å². The lowest BCUT2D eigenvalue weighted by Gasteiger charge is -2.08. The molecule has 0 spiro atoms. The van der Waals surface area contributed by atoms with Crippen molar-refractivity contribution in [2.24, 2.45) is 0 Å². The molecule has 2 rings (SSSR count). The van der Waals surface area contributed by atoms with Crippen LogP contribution < -0.4 is 5.32 Å². The highest BCUT2D eigenvalue weighted by Crippen LogP contribution is 2.22. The molecule has 0 saturated carbocycles. The van der Waals surface area contributed by atoms with E-state index < -0.39 is 18.5 Å². The molecular weight excluding hydrogens is 282 g/mol. The van der Waals surface area contributed by atoms with Gasteiger partial charge in [0.25, 0.3) is 5.91 Å². The summed E-state index contributed by atoms with van der Waals surface area (Å²) in [6, 6.07) is 6.69. The molecule has 0 atom stereocenters. The van der Waals surface area contributed by atoms with Gasteiger partial charge < -0.3 is 10.1 Å². The second-order valence-electron chi connectivity index (χ2n) is 4.08. The summed E-state index contributed by atoms with van der Waals surface area (Å²) in [5, 5.41) is 9.06. The first-order valence-corrected chi connectivity index (χ1v) is 6.16. The number of carbonyl (C=O) groups is 2. The number of nitrogens with one attached hydrogen (secondary N) is 2. The average Bonchev–Trinajstić information content (AvgIpc) is 2.93. The average molecular weight is 294 g/mol. The van der Waals surface area contributed by atoms with Crippen LogP contribution in [0.2, 0.25) is 5.02 Å². The number of amides is 1. The molecule has 7 heteroatoms. The van der Waals surface area contributed by atoms with Crippen LogP contribution in [0, 0.1) is 6.92 Å². The molecule has 1 amide bonds. The Morgan fingerprint density at radius 2 is 2.20 bits per heavy atom. The third kappa shape index (κ3) is 3.58. The largest absolute Gasteiger partial charge is 0.451 e. The Kier molecular flexibility index (Phi) is 4.37. The second kappa shape index (κ2) is 6.21. The fraction of sp³-hybridized carbons (Fsp3) is 0.154. The van der Waals surface area contributed by atoms with Gasteiger partial charge in [0.2, 0.25) is 0 Å². The number of aromatic amines is 1. The lowest BCUT2D eigenvalue weighted by atomic mass is 10.2. The monoisotopic (exact) mass is 293 g/mol. The number of aryl methyl sites for hydroxylation is 1. The summed E-state index contributed by atoms with van der Waals surface area (Å²) >= 11 is 5.98. The number of rotatable bonds is 4. The highest BCUT2D eigenvalue weighted by Gasteiger charge is 2.12. The molecule has 1 aromatic heterocycles. The molecule has 0 unspecified atom stereocenters. The maximum absolute atomic E-state index is 11.7. The molecule has 0 bridgehead atoms. The fourth-order valence-electron chi connectivity index (χ4n) is 1.49. The van der Waals surface area contributed by atoms with Gasteiger partial charge in [0.15, 0.2) is 6.61 Å². The van der Waals surface area contributed by atoms with E-state index in [0.29, 0.717) is 10.7 Å². The van der Waals surface area contributed by atoms with Crippen LogP contribution in [-0.2, 0) is 9.53 Å². The minimum absolute atomic E-state index is 0.186. The molecule has 20 heavy (non-hydrogen) atoms. The third-order valence-corrected chi connectivity index (χ3v) is 2.77. The predicted octanol–water partition coefficient (Wildman–Crippen LogP) is 2.17. The normalized spacial score (nSPS) is 10.1. The molecule has 0 aliphatic rings. The standard InChI is InChI=1S/C13H12ClN3O3/c1-8-2-3-10(9(14)6-8)16-12(18)7-20-13(19)11-4-5-15-17-11/h2-6H,7H2,1H3,(H,15,17)(H,16,18). The first kappa shape index (κ1) is 14.1. The number of esters is 1. The van der Waals surface area contributed by atoms with Gasteiger partial charge in [0.1, 0.15) is 5.69 Å². The van der Waals surface area contributed by atoms with Crippen molar-refractivity contribution in [1.82, 2.24) is 10.2 Å².